The highest BCUT2D eigenvalue weighted by Crippen LogP contribution is 2.54. The summed E-state index contributed by atoms with van der Waals surface area (Å²) in [5.41, 5.74) is 0.903. The number of hydrogen-bond donors (Lipinski definition) is 0. The van der Waals surface area contributed by atoms with Gasteiger partial charge in [-0.25, -0.2) is 0 Å². The molecule has 0 amide bonds. The maximum absolute atomic E-state index is 12.3. The fraction of sp³-hybridized carbons (Fsp3) is 0.667. The number of fused-ring (bicyclic) bond motifs is 1. The van der Waals surface area contributed by atoms with Crippen LogP contribution in [0.15, 0.2) is 23.8 Å². The van der Waals surface area contributed by atoms with Crippen molar-refractivity contribution in [3.05, 3.63) is 23.8 Å². The standard InChI is InChI=1S/C15H20O3/c1-9-8-12(16)13-10-4-6-11(7-5-10)14(13)15(9,17-2)18-3/h4,6,8,10-11,13-14H,5,7H2,1-3H3/t10-,11+,13+,14+/m1/s1. The van der Waals surface area contributed by atoms with E-state index < -0.39 is 5.79 Å². The Labute approximate surface area is 108 Å². The van der Waals surface area contributed by atoms with Crippen molar-refractivity contribution in [2.75, 3.05) is 14.2 Å². The first-order valence-corrected chi connectivity index (χ1v) is 6.65. The molecule has 1 fully saturated rings. The van der Waals surface area contributed by atoms with Crippen LogP contribution in [0.1, 0.15) is 19.8 Å². The van der Waals surface area contributed by atoms with Crippen molar-refractivity contribution in [3.8, 4) is 0 Å². The van der Waals surface area contributed by atoms with E-state index in [4.69, 9.17) is 9.47 Å². The van der Waals surface area contributed by atoms with Crippen LogP contribution in [0.25, 0.3) is 0 Å². The Morgan fingerprint density at radius 1 is 1.17 bits per heavy atom. The molecule has 0 aromatic heterocycles. The highest BCUT2D eigenvalue weighted by Gasteiger charge is 2.57. The van der Waals surface area contributed by atoms with Crippen LogP contribution in [0.5, 0.6) is 0 Å². The third-order valence-corrected chi connectivity index (χ3v) is 5.03. The first-order valence-electron chi connectivity index (χ1n) is 6.65. The minimum absolute atomic E-state index is 0.0392. The summed E-state index contributed by atoms with van der Waals surface area (Å²) in [5, 5.41) is 0. The Morgan fingerprint density at radius 3 is 2.33 bits per heavy atom. The van der Waals surface area contributed by atoms with Crippen molar-refractivity contribution < 1.29 is 14.3 Å². The van der Waals surface area contributed by atoms with Gasteiger partial charge in [0.25, 0.3) is 0 Å². The molecule has 0 spiro atoms. The molecule has 4 aliphatic rings. The molecule has 2 bridgehead atoms. The lowest BCUT2D eigenvalue weighted by molar-refractivity contribution is -0.243. The summed E-state index contributed by atoms with van der Waals surface area (Å²) in [6.07, 6.45) is 8.45. The van der Waals surface area contributed by atoms with E-state index >= 15 is 0 Å². The number of carbonyl (C=O) groups is 1. The van der Waals surface area contributed by atoms with Crippen LogP contribution in [0.2, 0.25) is 0 Å². The SMILES string of the molecule is COC1(OC)C(C)=CC(=O)[C@H]2[C@@H]1[C@H]1C=C[C@@H]2CC1. The number of ether oxygens (including phenoxy) is 2. The second kappa shape index (κ2) is 4.04. The lowest BCUT2D eigenvalue weighted by Crippen LogP contribution is -2.58. The van der Waals surface area contributed by atoms with Gasteiger partial charge in [0.2, 0.25) is 0 Å². The van der Waals surface area contributed by atoms with Gasteiger partial charge < -0.3 is 9.47 Å². The monoisotopic (exact) mass is 248 g/mol. The quantitative estimate of drug-likeness (QED) is 0.556. The van der Waals surface area contributed by atoms with Crippen molar-refractivity contribution in [1.29, 1.82) is 0 Å². The normalized spacial score (nSPS) is 40.6. The highest BCUT2D eigenvalue weighted by molar-refractivity contribution is 5.94. The average Bonchev–Trinajstić information content (AvgIpc) is 2.41. The topological polar surface area (TPSA) is 35.5 Å². The molecular weight excluding hydrogens is 228 g/mol. The Kier molecular flexibility index (Phi) is 2.72. The number of carbonyl (C=O) groups excluding carboxylic acids is 1. The molecule has 3 heteroatoms. The van der Waals surface area contributed by atoms with Gasteiger partial charge in [0.1, 0.15) is 0 Å². The van der Waals surface area contributed by atoms with E-state index in [9.17, 15) is 4.79 Å². The van der Waals surface area contributed by atoms with Crippen LogP contribution >= 0.6 is 0 Å². The van der Waals surface area contributed by atoms with Crippen molar-refractivity contribution in [2.24, 2.45) is 23.7 Å². The van der Waals surface area contributed by atoms with Crippen LogP contribution in [0.3, 0.4) is 0 Å². The van der Waals surface area contributed by atoms with Gasteiger partial charge in [0.15, 0.2) is 11.6 Å². The fourth-order valence-corrected chi connectivity index (χ4v) is 4.25. The van der Waals surface area contributed by atoms with Crippen molar-refractivity contribution in [2.45, 2.75) is 25.6 Å². The lowest BCUT2D eigenvalue weighted by Gasteiger charge is -2.54. The van der Waals surface area contributed by atoms with Gasteiger partial charge in [-0.15, -0.1) is 0 Å². The van der Waals surface area contributed by atoms with E-state index in [1.165, 1.54) is 0 Å². The predicted molar refractivity (Wildman–Crippen MR) is 67.8 cm³/mol. The number of methoxy groups -OCH3 is 2. The molecule has 18 heavy (non-hydrogen) atoms. The second-order valence-electron chi connectivity index (χ2n) is 5.65. The van der Waals surface area contributed by atoms with Crippen LogP contribution in [-0.4, -0.2) is 25.8 Å². The van der Waals surface area contributed by atoms with E-state index in [2.05, 4.69) is 12.2 Å². The Balaban J connectivity index is 2.13. The van der Waals surface area contributed by atoms with E-state index in [1.54, 1.807) is 20.3 Å². The maximum Gasteiger partial charge on any atom is 0.194 e. The molecular formula is C15H20O3. The van der Waals surface area contributed by atoms with Gasteiger partial charge in [-0.2, -0.15) is 0 Å². The van der Waals surface area contributed by atoms with E-state index in [0.29, 0.717) is 11.8 Å². The van der Waals surface area contributed by atoms with Gasteiger partial charge in [0.05, 0.1) is 0 Å². The van der Waals surface area contributed by atoms with Gasteiger partial charge in [-0.1, -0.05) is 12.2 Å². The molecule has 0 radical (unpaired) electrons. The van der Waals surface area contributed by atoms with E-state index in [0.717, 1.165) is 18.4 Å². The summed E-state index contributed by atoms with van der Waals surface area (Å²) >= 11 is 0. The number of allylic oxidation sites excluding steroid dienone is 3. The third-order valence-electron chi connectivity index (χ3n) is 5.03. The molecule has 1 saturated carbocycles. The van der Waals surface area contributed by atoms with Crippen molar-refractivity contribution in [1.82, 2.24) is 0 Å². The molecule has 98 valence electrons. The summed E-state index contributed by atoms with van der Waals surface area (Å²) in [6, 6.07) is 0. The number of rotatable bonds is 2. The molecule has 0 aromatic rings. The van der Waals surface area contributed by atoms with Crippen LogP contribution in [-0.2, 0) is 14.3 Å². The van der Waals surface area contributed by atoms with Crippen molar-refractivity contribution in [3.63, 3.8) is 0 Å². The first-order chi connectivity index (χ1) is 8.64. The first kappa shape index (κ1) is 12.1. The third kappa shape index (κ3) is 1.35. The highest BCUT2D eigenvalue weighted by atomic mass is 16.7. The largest absolute Gasteiger partial charge is 0.349 e. The van der Waals surface area contributed by atoms with Gasteiger partial charge in [-0.05, 0) is 43.3 Å². The molecule has 0 aromatic carbocycles. The molecule has 0 N–H and O–H groups in total. The fourth-order valence-electron chi connectivity index (χ4n) is 4.25. The smallest absolute Gasteiger partial charge is 0.194 e. The summed E-state index contributed by atoms with van der Waals surface area (Å²) in [7, 11) is 3.36. The average molecular weight is 248 g/mol. The van der Waals surface area contributed by atoms with Crippen molar-refractivity contribution >= 4 is 5.78 Å². The predicted octanol–water partition coefficient (Wildman–Crippen LogP) is 2.33. The minimum Gasteiger partial charge on any atom is -0.349 e. The zero-order valence-electron chi connectivity index (χ0n) is 11.2. The molecule has 0 heterocycles. The molecule has 0 unspecified atom stereocenters. The molecule has 4 aliphatic carbocycles. The Bertz CT molecular complexity index is 431. The molecule has 3 nitrogen and oxygen atoms in total. The molecule has 0 saturated heterocycles. The minimum atomic E-state index is -0.716. The van der Waals surface area contributed by atoms with Gasteiger partial charge >= 0.3 is 0 Å². The van der Waals surface area contributed by atoms with Crippen LogP contribution in [0.4, 0.5) is 0 Å². The van der Waals surface area contributed by atoms with Crippen LogP contribution in [0, 0.1) is 23.7 Å². The van der Waals surface area contributed by atoms with Gasteiger partial charge in [-0.3, -0.25) is 4.79 Å². The Morgan fingerprint density at radius 2 is 1.78 bits per heavy atom. The van der Waals surface area contributed by atoms with E-state index in [-0.39, 0.29) is 17.6 Å². The molecule has 0 aliphatic heterocycles. The Hall–Kier alpha value is -0.930. The van der Waals surface area contributed by atoms with Crippen LogP contribution < -0.4 is 0 Å². The number of ketones is 1. The zero-order chi connectivity index (χ0) is 12.9. The van der Waals surface area contributed by atoms with E-state index in [1.807, 2.05) is 6.92 Å². The van der Waals surface area contributed by atoms with Gasteiger partial charge in [0, 0.05) is 26.1 Å². The summed E-state index contributed by atoms with van der Waals surface area (Å²) in [5.74, 6) is 0.466. The summed E-state index contributed by atoms with van der Waals surface area (Å²) in [4.78, 5) is 12.3. The molecule has 4 atom stereocenters. The lowest BCUT2D eigenvalue weighted by atomic mass is 9.55. The zero-order valence-corrected chi connectivity index (χ0v) is 11.2. The molecule has 4 rings (SSSR count). The summed E-state index contributed by atoms with van der Waals surface area (Å²) < 4.78 is 11.5. The number of hydrogen-bond acceptors (Lipinski definition) is 3. The second-order valence-corrected chi connectivity index (χ2v) is 5.65. The summed E-state index contributed by atoms with van der Waals surface area (Å²) in [6.45, 7) is 1.94. The maximum atomic E-state index is 12.3.